The van der Waals surface area contributed by atoms with Crippen molar-refractivity contribution in [3.8, 4) is 0 Å². The number of aryl methyl sites for hydroxylation is 1. The van der Waals surface area contributed by atoms with Crippen molar-refractivity contribution in [1.82, 2.24) is 5.43 Å². The molecule has 3 nitrogen and oxygen atoms in total. The molecule has 3 N–H and O–H groups in total. The van der Waals surface area contributed by atoms with Gasteiger partial charge in [0.05, 0.1) is 0 Å². The molecule has 0 bridgehead atoms. The summed E-state index contributed by atoms with van der Waals surface area (Å²) in [6.07, 6.45) is 0. The van der Waals surface area contributed by atoms with Crippen LogP contribution in [0.5, 0.6) is 0 Å². The van der Waals surface area contributed by atoms with Crippen LogP contribution in [-0.2, 0) is 0 Å². The molecule has 0 saturated carbocycles. The van der Waals surface area contributed by atoms with Gasteiger partial charge in [0.25, 0.3) is 0 Å². The van der Waals surface area contributed by atoms with Gasteiger partial charge in [0.15, 0.2) is 0 Å². The maximum absolute atomic E-state index is 14.0. The minimum absolute atomic E-state index is 0.346. The van der Waals surface area contributed by atoms with E-state index in [2.05, 4.69) is 5.43 Å². The molecule has 0 radical (unpaired) electrons. The van der Waals surface area contributed by atoms with Crippen LogP contribution in [-0.4, -0.2) is 0 Å². The van der Waals surface area contributed by atoms with Crippen molar-refractivity contribution in [3.63, 3.8) is 0 Å². The molecule has 1 aromatic heterocycles. The summed E-state index contributed by atoms with van der Waals surface area (Å²) in [7, 11) is 0. The number of halogens is 2. The fraction of sp³-hybridized carbons (Fsp3) is 0.125. The predicted octanol–water partition coefficient (Wildman–Crippen LogP) is 3.57. The van der Waals surface area contributed by atoms with Gasteiger partial charge in [-0.1, -0.05) is 18.2 Å². The number of benzene rings is 2. The summed E-state index contributed by atoms with van der Waals surface area (Å²) in [6, 6.07) is 9.95. The van der Waals surface area contributed by atoms with Crippen LogP contribution in [0.25, 0.3) is 11.0 Å². The Kier molecular flexibility index (Phi) is 3.45. The third-order valence-corrected chi connectivity index (χ3v) is 3.58. The van der Waals surface area contributed by atoms with E-state index in [1.807, 2.05) is 0 Å². The SMILES string of the molecule is Cc1c(C(NN)c2ccccc2F)oc2ccc(F)cc12. The second-order valence-electron chi connectivity index (χ2n) is 4.85. The first-order valence-corrected chi connectivity index (χ1v) is 6.51. The zero-order valence-electron chi connectivity index (χ0n) is 11.4. The van der Waals surface area contributed by atoms with Crippen molar-refractivity contribution in [3.05, 3.63) is 71.0 Å². The number of hydrogen-bond acceptors (Lipinski definition) is 3. The molecule has 108 valence electrons. The van der Waals surface area contributed by atoms with Gasteiger partial charge in [-0.05, 0) is 31.2 Å². The zero-order valence-corrected chi connectivity index (χ0v) is 11.4. The first kappa shape index (κ1) is 13.7. The summed E-state index contributed by atoms with van der Waals surface area (Å²) in [4.78, 5) is 0. The van der Waals surface area contributed by atoms with Gasteiger partial charge >= 0.3 is 0 Å². The first-order valence-electron chi connectivity index (χ1n) is 6.51. The molecule has 1 unspecified atom stereocenters. The summed E-state index contributed by atoms with van der Waals surface area (Å²) in [5.41, 5.74) is 4.22. The lowest BCUT2D eigenvalue weighted by Crippen LogP contribution is -2.29. The van der Waals surface area contributed by atoms with E-state index >= 15 is 0 Å². The Morgan fingerprint density at radius 3 is 2.62 bits per heavy atom. The second-order valence-corrected chi connectivity index (χ2v) is 4.85. The van der Waals surface area contributed by atoms with Gasteiger partial charge in [0.2, 0.25) is 0 Å². The van der Waals surface area contributed by atoms with Crippen molar-refractivity contribution < 1.29 is 13.2 Å². The Balaban J connectivity index is 2.18. The third kappa shape index (κ3) is 2.30. The lowest BCUT2D eigenvalue weighted by molar-refractivity contribution is 0.459. The maximum Gasteiger partial charge on any atom is 0.134 e. The van der Waals surface area contributed by atoms with Crippen LogP contribution in [0.2, 0.25) is 0 Å². The van der Waals surface area contributed by atoms with E-state index in [1.54, 1.807) is 31.2 Å². The van der Waals surface area contributed by atoms with Crippen molar-refractivity contribution in [2.75, 3.05) is 0 Å². The van der Waals surface area contributed by atoms with Crippen LogP contribution in [0.15, 0.2) is 46.9 Å². The molecule has 5 heteroatoms. The zero-order chi connectivity index (χ0) is 15.0. The molecule has 1 heterocycles. The van der Waals surface area contributed by atoms with Gasteiger partial charge in [-0.25, -0.2) is 14.2 Å². The molecular formula is C16H14F2N2O. The van der Waals surface area contributed by atoms with E-state index in [0.29, 0.717) is 22.3 Å². The number of furan rings is 1. The number of nitrogens with one attached hydrogen (secondary N) is 1. The Labute approximate surface area is 120 Å². The molecule has 0 aliphatic rings. The highest BCUT2D eigenvalue weighted by molar-refractivity contribution is 5.82. The fourth-order valence-electron chi connectivity index (χ4n) is 2.50. The molecule has 0 aliphatic heterocycles. The van der Waals surface area contributed by atoms with E-state index in [1.165, 1.54) is 18.2 Å². The van der Waals surface area contributed by atoms with Crippen LogP contribution < -0.4 is 11.3 Å². The van der Waals surface area contributed by atoms with Crippen LogP contribution >= 0.6 is 0 Å². The highest BCUT2D eigenvalue weighted by atomic mass is 19.1. The molecule has 3 aromatic rings. The Morgan fingerprint density at radius 2 is 1.90 bits per heavy atom. The molecule has 0 saturated heterocycles. The highest BCUT2D eigenvalue weighted by Gasteiger charge is 2.23. The van der Waals surface area contributed by atoms with Gasteiger partial charge in [0, 0.05) is 16.5 Å². The van der Waals surface area contributed by atoms with E-state index in [-0.39, 0.29) is 11.6 Å². The summed E-state index contributed by atoms with van der Waals surface area (Å²) in [6.45, 7) is 1.80. The number of hydrogen-bond donors (Lipinski definition) is 2. The van der Waals surface area contributed by atoms with Gasteiger partial charge < -0.3 is 4.42 Å². The largest absolute Gasteiger partial charge is 0.459 e. The number of rotatable bonds is 3. The normalized spacial score (nSPS) is 12.8. The minimum Gasteiger partial charge on any atom is -0.459 e. The van der Waals surface area contributed by atoms with Crippen LogP contribution in [0.1, 0.15) is 22.9 Å². The lowest BCUT2D eigenvalue weighted by Gasteiger charge is -2.15. The molecule has 1 atom stereocenters. The molecule has 0 amide bonds. The first-order chi connectivity index (χ1) is 10.1. The minimum atomic E-state index is -0.637. The quantitative estimate of drug-likeness (QED) is 0.572. The summed E-state index contributed by atoms with van der Waals surface area (Å²) >= 11 is 0. The molecule has 0 aliphatic carbocycles. The molecule has 0 fully saturated rings. The predicted molar refractivity (Wildman–Crippen MR) is 76.5 cm³/mol. The third-order valence-electron chi connectivity index (χ3n) is 3.58. The van der Waals surface area contributed by atoms with Gasteiger partial charge in [-0.2, -0.15) is 0 Å². The maximum atomic E-state index is 14.0. The standard InChI is InChI=1S/C16H14F2N2O/c1-9-12-8-10(17)6-7-14(12)21-16(9)15(20-19)11-4-2-3-5-13(11)18/h2-8,15,20H,19H2,1H3. The van der Waals surface area contributed by atoms with Gasteiger partial charge in [-0.3, -0.25) is 5.84 Å². The van der Waals surface area contributed by atoms with Crippen molar-refractivity contribution in [1.29, 1.82) is 0 Å². The lowest BCUT2D eigenvalue weighted by atomic mass is 10.0. The van der Waals surface area contributed by atoms with Gasteiger partial charge in [-0.15, -0.1) is 0 Å². The molecule has 3 rings (SSSR count). The smallest absolute Gasteiger partial charge is 0.134 e. The van der Waals surface area contributed by atoms with E-state index in [4.69, 9.17) is 10.3 Å². The number of nitrogens with two attached hydrogens (primary N) is 1. The van der Waals surface area contributed by atoms with Crippen molar-refractivity contribution >= 4 is 11.0 Å². The van der Waals surface area contributed by atoms with Crippen molar-refractivity contribution in [2.24, 2.45) is 5.84 Å². The number of hydrazine groups is 1. The van der Waals surface area contributed by atoms with Crippen LogP contribution in [0.4, 0.5) is 8.78 Å². The Hall–Kier alpha value is -2.24. The fourth-order valence-corrected chi connectivity index (χ4v) is 2.50. The van der Waals surface area contributed by atoms with Crippen LogP contribution in [0.3, 0.4) is 0 Å². The Morgan fingerprint density at radius 1 is 1.14 bits per heavy atom. The molecule has 2 aromatic carbocycles. The average molecular weight is 288 g/mol. The molecule has 21 heavy (non-hydrogen) atoms. The monoisotopic (exact) mass is 288 g/mol. The molecule has 0 spiro atoms. The highest BCUT2D eigenvalue weighted by Crippen LogP contribution is 2.33. The van der Waals surface area contributed by atoms with Gasteiger partial charge in [0.1, 0.15) is 29.0 Å². The topological polar surface area (TPSA) is 51.2 Å². The second kappa shape index (κ2) is 5.27. The van der Waals surface area contributed by atoms with E-state index < -0.39 is 6.04 Å². The van der Waals surface area contributed by atoms with E-state index in [9.17, 15) is 8.78 Å². The number of fused-ring (bicyclic) bond motifs is 1. The summed E-state index contributed by atoms with van der Waals surface area (Å²) in [5, 5.41) is 0.654. The average Bonchev–Trinajstić information content (AvgIpc) is 2.79. The van der Waals surface area contributed by atoms with Crippen molar-refractivity contribution in [2.45, 2.75) is 13.0 Å². The Bertz CT molecular complexity index is 798. The summed E-state index contributed by atoms with van der Waals surface area (Å²) in [5.74, 6) is 5.32. The van der Waals surface area contributed by atoms with Crippen LogP contribution in [0, 0.1) is 18.6 Å². The summed E-state index contributed by atoms with van der Waals surface area (Å²) < 4.78 is 33.1. The molecular weight excluding hydrogens is 274 g/mol. The van der Waals surface area contributed by atoms with E-state index in [0.717, 1.165) is 5.56 Å².